The normalized spacial score (nSPS) is 25.3. The van der Waals surface area contributed by atoms with Crippen LogP contribution in [0.15, 0.2) is 48.7 Å². The second-order valence-corrected chi connectivity index (χ2v) is 7.15. The Morgan fingerprint density at radius 1 is 1.27 bits per heavy atom. The topological polar surface area (TPSA) is 53.5 Å². The molecule has 1 aromatic heterocycles. The molecule has 2 aliphatic rings. The van der Waals surface area contributed by atoms with Gasteiger partial charge in [0.1, 0.15) is 0 Å². The number of benzene rings is 1. The summed E-state index contributed by atoms with van der Waals surface area (Å²) in [7, 11) is 1.82. The van der Waals surface area contributed by atoms with Gasteiger partial charge in [0.2, 0.25) is 11.9 Å². The summed E-state index contributed by atoms with van der Waals surface area (Å²) in [5.74, 6) is -0.795. The van der Waals surface area contributed by atoms with E-state index < -0.39 is 11.4 Å². The van der Waals surface area contributed by atoms with E-state index in [2.05, 4.69) is 4.98 Å². The Bertz CT molecular complexity index is 857. The van der Waals surface area contributed by atoms with Gasteiger partial charge < -0.3 is 9.80 Å². The van der Waals surface area contributed by atoms with E-state index in [1.54, 1.807) is 9.80 Å². The van der Waals surface area contributed by atoms with Crippen LogP contribution in [0.3, 0.4) is 0 Å². The summed E-state index contributed by atoms with van der Waals surface area (Å²) >= 11 is 0. The van der Waals surface area contributed by atoms with Crippen LogP contribution in [0.2, 0.25) is 0 Å². The van der Waals surface area contributed by atoms with Crippen molar-refractivity contribution in [3.63, 3.8) is 0 Å². The van der Waals surface area contributed by atoms with Crippen LogP contribution in [0.5, 0.6) is 0 Å². The first-order valence-corrected chi connectivity index (χ1v) is 8.72. The number of hydrogen-bond donors (Lipinski definition) is 0. The first-order chi connectivity index (χ1) is 12.5. The van der Waals surface area contributed by atoms with Crippen molar-refractivity contribution in [2.45, 2.75) is 12.3 Å². The predicted octanol–water partition coefficient (Wildman–Crippen LogP) is 2.31. The van der Waals surface area contributed by atoms with E-state index in [-0.39, 0.29) is 23.3 Å². The first-order valence-electron chi connectivity index (χ1n) is 8.72. The van der Waals surface area contributed by atoms with Gasteiger partial charge >= 0.3 is 0 Å². The second-order valence-electron chi connectivity index (χ2n) is 7.15. The maximum Gasteiger partial charge on any atom is 0.254 e. The maximum atomic E-state index is 13.4. The van der Waals surface area contributed by atoms with Crippen LogP contribution < -0.4 is 0 Å². The lowest BCUT2D eigenvalue weighted by Crippen LogP contribution is -2.39. The SMILES string of the molecule is CN1C[C@@H](c2ccccc2)[C@]2(CCN(C(=O)c3ccnc(F)c3)C2)C1=O. The van der Waals surface area contributed by atoms with Crippen molar-refractivity contribution in [3.05, 3.63) is 65.7 Å². The number of nitrogens with zero attached hydrogens (tertiary/aromatic N) is 3. The third kappa shape index (κ3) is 2.57. The van der Waals surface area contributed by atoms with E-state index in [9.17, 15) is 14.0 Å². The highest BCUT2D eigenvalue weighted by molar-refractivity contribution is 5.96. The Kier molecular flexibility index (Phi) is 3.98. The van der Waals surface area contributed by atoms with Crippen LogP contribution in [0.4, 0.5) is 4.39 Å². The number of hydrogen-bond acceptors (Lipinski definition) is 3. The number of carbonyl (C=O) groups is 2. The van der Waals surface area contributed by atoms with Gasteiger partial charge in [0.15, 0.2) is 0 Å². The number of carbonyl (C=O) groups excluding carboxylic acids is 2. The van der Waals surface area contributed by atoms with Crippen molar-refractivity contribution >= 4 is 11.8 Å². The molecular formula is C20H20FN3O2. The third-order valence-corrected chi connectivity index (χ3v) is 5.66. The van der Waals surface area contributed by atoms with Gasteiger partial charge in [-0.2, -0.15) is 4.39 Å². The maximum absolute atomic E-state index is 13.4. The van der Waals surface area contributed by atoms with Gasteiger partial charge in [0, 0.05) is 50.4 Å². The zero-order chi connectivity index (χ0) is 18.3. The molecule has 0 radical (unpaired) electrons. The van der Waals surface area contributed by atoms with Crippen molar-refractivity contribution in [2.24, 2.45) is 5.41 Å². The molecule has 0 saturated carbocycles. The van der Waals surface area contributed by atoms with E-state index in [4.69, 9.17) is 0 Å². The highest BCUT2D eigenvalue weighted by Crippen LogP contribution is 2.49. The van der Waals surface area contributed by atoms with E-state index in [0.29, 0.717) is 26.1 Å². The molecule has 5 nitrogen and oxygen atoms in total. The summed E-state index contributed by atoms with van der Waals surface area (Å²) in [5.41, 5.74) is 0.788. The van der Waals surface area contributed by atoms with E-state index in [0.717, 1.165) is 11.6 Å². The average molecular weight is 353 g/mol. The van der Waals surface area contributed by atoms with E-state index in [1.807, 2.05) is 37.4 Å². The second kappa shape index (κ2) is 6.20. The van der Waals surface area contributed by atoms with Gasteiger partial charge in [-0.15, -0.1) is 0 Å². The van der Waals surface area contributed by atoms with Gasteiger partial charge in [-0.3, -0.25) is 9.59 Å². The number of likely N-dealkylation sites (N-methyl/N-ethyl adjacent to an activating group) is 1. The number of halogens is 1. The Morgan fingerprint density at radius 2 is 2.04 bits per heavy atom. The number of rotatable bonds is 2. The van der Waals surface area contributed by atoms with Crippen molar-refractivity contribution < 1.29 is 14.0 Å². The number of amides is 2. The molecule has 1 aromatic carbocycles. The van der Waals surface area contributed by atoms with Crippen LogP contribution in [0.1, 0.15) is 28.3 Å². The van der Waals surface area contributed by atoms with Crippen molar-refractivity contribution in [2.75, 3.05) is 26.7 Å². The van der Waals surface area contributed by atoms with Crippen LogP contribution in [-0.4, -0.2) is 53.3 Å². The largest absolute Gasteiger partial charge is 0.345 e. The Hall–Kier alpha value is -2.76. The summed E-state index contributed by atoms with van der Waals surface area (Å²) in [6.07, 6.45) is 1.91. The minimum absolute atomic E-state index is 0.0492. The standard InChI is InChI=1S/C20H20FN3O2/c1-23-12-16(14-5-3-2-4-6-14)20(19(23)26)8-10-24(13-20)18(25)15-7-9-22-17(21)11-15/h2-7,9,11,16H,8,10,12-13H2,1H3/t16-,20+/m0/s1. The summed E-state index contributed by atoms with van der Waals surface area (Å²) in [4.78, 5) is 32.7. The molecule has 2 aliphatic heterocycles. The Morgan fingerprint density at radius 3 is 2.77 bits per heavy atom. The fraction of sp³-hybridized carbons (Fsp3) is 0.350. The summed E-state index contributed by atoms with van der Waals surface area (Å²) < 4.78 is 13.4. The molecule has 3 heterocycles. The molecule has 2 saturated heterocycles. The lowest BCUT2D eigenvalue weighted by atomic mass is 9.73. The molecule has 0 aliphatic carbocycles. The van der Waals surface area contributed by atoms with Gasteiger partial charge in [0.25, 0.3) is 5.91 Å². The molecule has 134 valence electrons. The minimum Gasteiger partial charge on any atom is -0.345 e. The summed E-state index contributed by atoms with van der Waals surface area (Å²) in [5, 5.41) is 0. The van der Waals surface area contributed by atoms with Gasteiger partial charge in [-0.25, -0.2) is 4.98 Å². The molecule has 2 aromatic rings. The van der Waals surface area contributed by atoms with Gasteiger partial charge in [0.05, 0.1) is 5.41 Å². The van der Waals surface area contributed by atoms with Gasteiger partial charge in [-0.05, 0) is 18.1 Å². The quantitative estimate of drug-likeness (QED) is 0.779. The number of pyridine rings is 1. The van der Waals surface area contributed by atoms with E-state index in [1.165, 1.54) is 12.3 Å². The predicted molar refractivity (Wildman–Crippen MR) is 94.0 cm³/mol. The third-order valence-electron chi connectivity index (χ3n) is 5.66. The Labute approximate surface area is 151 Å². The van der Waals surface area contributed by atoms with Crippen LogP contribution in [0.25, 0.3) is 0 Å². The fourth-order valence-corrected chi connectivity index (χ4v) is 4.35. The van der Waals surface area contributed by atoms with Crippen LogP contribution >= 0.6 is 0 Å². The molecule has 0 N–H and O–H groups in total. The molecular weight excluding hydrogens is 333 g/mol. The van der Waals surface area contributed by atoms with Gasteiger partial charge in [-0.1, -0.05) is 30.3 Å². The highest BCUT2D eigenvalue weighted by Gasteiger charge is 2.57. The lowest BCUT2D eigenvalue weighted by molar-refractivity contribution is -0.134. The van der Waals surface area contributed by atoms with Crippen LogP contribution in [0, 0.1) is 11.4 Å². The average Bonchev–Trinajstić information content (AvgIpc) is 3.20. The minimum atomic E-state index is -0.677. The highest BCUT2D eigenvalue weighted by atomic mass is 19.1. The molecule has 0 bridgehead atoms. The molecule has 2 amide bonds. The lowest BCUT2D eigenvalue weighted by Gasteiger charge is -2.28. The Balaban J connectivity index is 1.64. The number of aromatic nitrogens is 1. The monoisotopic (exact) mass is 353 g/mol. The first kappa shape index (κ1) is 16.7. The van der Waals surface area contributed by atoms with E-state index >= 15 is 0 Å². The smallest absolute Gasteiger partial charge is 0.254 e. The molecule has 1 spiro atoms. The zero-order valence-electron chi connectivity index (χ0n) is 14.6. The van der Waals surface area contributed by atoms with Crippen molar-refractivity contribution in [3.8, 4) is 0 Å². The number of likely N-dealkylation sites (tertiary alicyclic amines) is 2. The summed E-state index contributed by atoms with van der Waals surface area (Å²) in [6, 6.07) is 12.6. The molecule has 0 unspecified atom stereocenters. The molecule has 2 fully saturated rings. The molecule has 6 heteroatoms. The molecule has 26 heavy (non-hydrogen) atoms. The van der Waals surface area contributed by atoms with Crippen LogP contribution in [-0.2, 0) is 4.79 Å². The molecule has 4 rings (SSSR count). The summed E-state index contributed by atoms with van der Waals surface area (Å²) in [6.45, 7) is 1.50. The van der Waals surface area contributed by atoms with Crippen molar-refractivity contribution in [1.29, 1.82) is 0 Å². The fourth-order valence-electron chi connectivity index (χ4n) is 4.35. The molecule has 2 atom stereocenters. The zero-order valence-corrected chi connectivity index (χ0v) is 14.6. The van der Waals surface area contributed by atoms with Crippen molar-refractivity contribution in [1.82, 2.24) is 14.8 Å².